The van der Waals surface area contributed by atoms with Crippen molar-refractivity contribution in [2.24, 2.45) is 4.99 Å². The highest BCUT2D eigenvalue weighted by Gasteiger charge is 2.34. The molecule has 4 aromatic rings. The summed E-state index contributed by atoms with van der Waals surface area (Å²) in [6, 6.07) is 14.0. The highest BCUT2D eigenvalue weighted by molar-refractivity contribution is 14.1. The molecule has 2 heterocycles. The van der Waals surface area contributed by atoms with E-state index >= 15 is 0 Å². The summed E-state index contributed by atoms with van der Waals surface area (Å²) >= 11 is 3.28. The van der Waals surface area contributed by atoms with Crippen LogP contribution in [0, 0.1) is 9.39 Å². The lowest BCUT2D eigenvalue weighted by Gasteiger charge is -2.25. The summed E-state index contributed by atoms with van der Waals surface area (Å²) in [6.07, 6.45) is 1.71. The van der Waals surface area contributed by atoms with Crippen LogP contribution >= 0.6 is 33.9 Å². The second-order valence-electron chi connectivity index (χ2n) is 10.7. The number of methoxy groups -OCH3 is 2. The van der Waals surface area contributed by atoms with Gasteiger partial charge >= 0.3 is 11.9 Å². The van der Waals surface area contributed by atoms with E-state index in [-0.39, 0.29) is 49.1 Å². The van der Waals surface area contributed by atoms with Crippen LogP contribution in [0.3, 0.4) is 0 Å². The third-order valence-electron chi connectivity index (χ3n) is 7.55. The Labute approximate surface area is 304 Å². The number of aromatic nitrogens is 1. The number of carbonyl (C=O) groups excluding carboxylic acids is 2. The third-order valence-corrected chi connectivity index (χ3v) is 9.34. The molecule has 1 atom stereocenters. The summed E-state index contributed by atoms with van der Waals surface area (Å²) in [6.45, 7) is 5.27. The second kappa shape index (κ2) is 16.3. The zero-order valence-electron chi connectivity index (χ0n) is 27.9. The summed E-state index contributed by atoms with van der Waals surface area (Å²) < 4.78 is 49.9. The fourth-order valence-electron chi connectivity index (χ4n) is 5.26. The van der Waals surface area contributed by atoms with Gasteiger partial charge in [0.15, 0.2) is 34.4 Å². The Balaban J connectivity index is 1.59. The molecule has 0 fully saturated rings. The lowest BCUT2D eigenvalue weighted by atomic mass is 9.95. The van der Waals surface area contributed by atoms with Gasteiger partial charge in [-0.3, -0.25) is 9.36 Å². The van der Waals surface area contributed by atoms with Crippen molar-refractivity contribution in [1.82, 2.24) is 4.57 Å². The second-order valence-corrected chi connectivity index (χ2v) is 12.9. The van der Waals surface area contributed by atoms with Crippen LogP contribution in [0.25, 0.3) is 6.08 Å². The Bertz CT molecular complexity index is 2140. The van der Waals surface area contributed by atoms with Crippen molar-refractivity contribution >= 4 is 51.9 Å². The van der Waals surface area contributed by atoms with E-state index in [2.05, 4.69) is 32.3 Å². The molecular formula is C36H34FIN2O9S. The van der Waals surface area contributed by atoms with Gasteiger partial charge in [-0.1, -0.05) is 35.6 Å². The van der Waals surface area contributed by atoms with Gasteiger partial charge < -0.3 is 28.4 Å². The van der Waals surface area contributed by atoms with Gasteiger partial charge in [0.05, 0.1) is 52.8 Å². The highest BCUT2D eigenvalue weighted by atomic mass is 127. The fourth-order valence-corrected chi connectivity index (χ4v) is 7.09. The van der Waals surface area contributed by atoms with Gasteiger partial charge in [-0.2, -0.15) is 0 Å². The average Bonchev–Trinajstić information content (AvgIpc) is 3.40. The summed E-state index contributed by atoms with van der Waals surface area (Å²) in [5.41, 5.74) is 1.81. The minimum Gasteiger partial charge on any atom is -0.493 e. The number of hydrogen-bond donors (Lipinski definition) is 0. The molecule has 0 saturated heterocycles. The van der Waals surface area contributed by atoms with Crippen molar-refractivity contribution in [3.63, 3.8) is 0 Å². The fraction of sp³-hybridized carbons (Fsp3) is 0.278. The number of carbonyl (C=O) groups is 2. The van der Waals surface area contributed by atoms with Crippen LogP contribution in [0.1, 0.15) is 43.5 Å². The molecule has 262 valence electrons. The van der Waals surface area contributed by atoms with Crippen LogP contribution < -0.4 is 33.8 Å². The molecule has 0 spiro atoms. The van der Waals surface area contributed by atoms with Crippen LogP contribution in [-0.4, -0.2) is 50.5 Å². The monoisotopic (exact) mass is 816 g/mol. The average molecular weight is 817 g/mol. The number of nitrogens with zero attached hydrogens (tertiary/aromatic N) is 2. The normalized spacial score (nSPS) is 14.1. The van der Waals surface area contributed by atoms with Crippen LogP contribution in [0.4, 0.5) is 4.39 Å². The lowest BCUT2D eigenvalue weighted by molar-refractivity contribution is -0.143. The van der Waals surface area contributed by atoms with E-state index in [1.165, 1.54) is 36.2 Å². The Kier molecular flexibility index (Phi) is 12.0. The Morgan fingerprint density at radius 2 is 1.78 bits per heavy atom. The molecule has 0 aliphatic carbocycles. The number of esters is 2. The van der Waals surface area contributed by atoms with Gasteiger partial charge in [0.1, 0.15) is 12.4 Å². The predicted octanol–water partition coefficient (Wildman–Crippen LogP) is 5.08. The van der Waals surface area contributed by atoms with Gasteiger partial charge in [0.2, 0.25) is 0 Å². The molecule has 3 aromatic carbocycles. The van der Waals surface area contributed by atoms with Crippen LogP contribution in [0.5, 0.6) is 23.0 Å². The summed E-state index contributed by atoms with van der Waals surface area (Å²) in [5.74, 6) is -0.0990. The predicted molar refractivity (Wildman–Crippen MR) is 192 cm³/mol. The summed E-state index contributed by atoms with van der Waals surface area (Å²) in [4.78, 5) is 44.4. The topological polar surface area (TPSA) is 124 Å². The molecule has 11 nitrogen and oxygen atoms in total. The van der Waals surface area contributed by atoms with Crippen molar-refractivity contribution < 1.29 is 42.4 Å². The number of rotatable bonds is 13. The first-order chi connectivity index (χ1) is 24.1. The zero-order chi connectivity index (χ0) is 35.9. The molecule has 50 heavy (non-hydrogen) atoms. The number of benzene rings is 3. The standard InChI is InChI=1S/C36H34FIN2O9S/c1-6-46-27-17-22(12-13-26(27)48-19-30(41)45-5)32-31(35(43)47-7-2)20(3)39-36-40(32)34(42)29(50-36)16-21-14-25(38)33(28(15-21)44-4)49-18-23-10-8-9-11-24(23)37/h8-17,32H,6-7,18-19H2,1-5H3/b29-16-/t32-/m0/s1. The van der Waals surface area contributed by atoms with E-state index in [9.17, 15) is 18.8 Å². The van der Waals surface area contributed by atoms with Crippen molar-refractivity contribution in [3.8, 4) is 23.0 Å². The van der Waals surface area contributed by atoms with Crippen LogP contribution in [-0.2, 0) is 25.7 Å². The minimum absolute atomic E-state index is 0.00251. The highest BCUT2D eigenvalue weighted by Crippen LogP contribution is 2.37. The van der Waals surface area contributed by atoms with E-state index in [1.807, 2.05) is 6.07 Å². The molecule has 1 aliphatic heterocycles. The maximum atomic E-state index is 14.2. The van der Waals surface area contributed by atoms with Gasteiger partial charge in [-0.05, 0) is 90.9 Å². The van der Waals surface area contributed by atoms with Crippen molar-refractivity contribution in [2.75, 3.05) is 34.0 Å². The minimum atomic E-state index is -0.912. The number of fused-ring (bicyclic) bond motifs is 1. The van der Waals surface area contributed by atoms with Gasteiger partial charge in [0.25, 0.3) is 5.56 Å². The molecule has 1 aromatic heterocycles. The summed E-state index contributed by atoms with van der Waals surface area (Å²) in [7, 11) is 2.76. The van der Waals surface area contributed by atoms with Crippen molar-refractivity contribution in [3.05, 3.63) is 112 Å². The smallest absolute Gasteiger partial charge is 0.343 e. The summed E-state index contributed by atoms with van der Waals surface area (Å²) in [5, 5.41) is 0. The first kappa shape index (κ1) is 36.6. The lowest BCUT2D eigenvalue weighted by Crippen LogP contribution is -2.40. The molecule has 0 saturated carbocycles. The maximum Gasteiger partial charge on any atom is 0.343 e. The van der Waals surface area contributed by atoms with Crippen molar-refractivity contribution in [2.45, 2.75) is 33.4 Å². The number of ether oxygens (including phenoxy) is 6. The van der Waals surface area contributed by atoms with E-state index in [1.54, 1.807) is 69.3 Å². The molecule has 1 aliphatic rings. The molecule has 0 N–H and O–H groups in total. The van der Waals surface area contributed by atoms with E-state index in [0.717, 1.165) is 0 Å². The van der Waals surface area contributed by atoms with Crippen LogP contribution in [0.15, 0.2) is 75.7 Å². The van der Waals surface area contributed by atoms with Gasteiger partial charge in [0, 0.05) is 5.56 Å². The SMILES string of the molecule is CCOC(=O)C1=C(C)N=c2s/c(=C\c3cc(I)c(OCc4ccccc4F)c(OC)c3)c(=O)n2[C@H]1c1ccc(OCC(=O)OC)c(OCC)c1. The Morgan fingerprint density at radius 1 is 1.00 bits per heavy atom. The Hall–Kier alpha value is -4.70. The van der Waals surface area contributed by atoms with Gasteiger partial charge in [-0.15, -0.1) is 0 Å². The largest absolute Gasteiger partial charge is 0.493 e. The number of halogens is 2. The van der Waals surface area contributed by atoms with Crippen LogP contribution in [0.2, 0.25) is 0 Å². The molecule has 0 radical (unpaired) electrons. The molecular weight excluding hydrogens is 782 g/mol. The Morgan fingerprint density at radius 3 is 2.48 bits per heavy atom. The molecule has 0 amide bonds. The maximum absolute atomic E-state index is 14.2. The number of allylic oxidation sites excluding steroid dienone is 1. The van der Waals surface area contributed by atoms with E-state index in [4.69, 9.17) is 23.7 Å². The molecule has 0 bridgehead atoms. The quantitative estimate of drug-likeness (QED) is 0.134. The van der Waals surface area contributed by atoms with E-state index in [0.29, 0.717) is 52.5 Å². The molecule has 5 rings (SSSR count). The molecule has 14 heteroatoms. The van der Waals surface area contributed by atoms with Gasteiger partial charge in [-0.25, -0.2) is 19.0 Å². The number of hydrogen-bond acceptors (Lipinski definition) is 11. The van der Waals surface area contributed by atoms with E-state index < -0.39 is 18.0 Å². The van der Waals surface area contributed by atoms with Crippen molar-refractivity contribution in [1.29, 1.82) is 0 Å². The zero-order valence-corrected chi connectivity index (χ0v) is 30.9. The first-order valence-corrected chi connectivity index (χ1v) is 17.4. The third kappa shape index (κ3) is 7.86. The number of thiazole rings is 1. The first-order valence-electron chi connectivity index (χ1n) is 15.5. The molecule has 0 unspecified atom stereocenters.